The third kappa shape index (κ3) is 38.2. The zero-order valence-corrected chi connectivity index (χ0v) is 34.4. The number of rotatable bonds is 40. The predicted octanol–water partition coefficient (Wildman–Crippen LogP) is 12.0. The molecule has 0 fully saturated rings. The molecule has 0 aromatic rings. The first-order chi connectivity index (χ1) is 25.3. The summed E-state index contributed by atoms with van der Waals surface area (Å²) in [6.45, 7) is 3.70. The van der Waals surface area contributed by atoms with Crippen molar-refractivity contribution in [2.24, 2.45) is 5.73 Å². The number of phosphoric acid groups is 1. The van der Waals surface area contributed by atoms with Gasteiger partial charge in [0.25, 0.3) is 0 Å². The second-order valence-corrected chi connectivity index (χ2v) is 15.7. The van der Waals surface area contributed by atoms with Gasteiger partial charge in [-0.1, -0.05) is 167 Å². The number of hydrogen-bond donors (Lipinski definition) is 2. The maximum Gasteiger partial charge on any atom is 0.472 e. The van der Waals surface area contributed by atoms with Crippen LogP contribution in [0.5, 0.6) is 0 Å². The number of carbonyl (C=O) groups excluding carboxylic acids is 2. The van der Waals surface area contributed by atoms with Crippen LogP contribution in [0.1, 0.15) is 200 Å². The minimum Gasteiger partial charge on any atom is -0.462 e. The lowest BCUT2D eigenvalue weighted by Crippen LogP contribution is -2.29. The molecule has 0 radical (unpaired) electrons. The normalized spacial score (nSPS) is 13.5. The molecule has 0 saturated carbocycles. The Morgan fingerprint density at radius 2 is 1.00 bits per heavy atom. The van der Waals surface area contributed by atoms with Gasteiger partial charge in [-0.2, -0.15) is 0 Å². The molecular formula is C42H80NO8P. The van der Waals surface area contributed by atoms with Gasteiger partial charge in [0.05, 0.1) is 13.2 Å². The van der Waals surface area contributed by atoms with Gasteiger partial charge in [-0.05, 0) is 44.9 Å². The number of carbonyl (C=O) groups is 2. The van der Waals surface area contributed by atoms with Crippen LogP contribution >= 0.6 is 7.82 Å². The Morgan fingerprint density at radius 1 is 0.577 bits per heavy atom. The van der Waals surface area contributed by atoms with Crippen LogP contribution in [-0.2, 0) is 32.7 Å². The summed E-state index contributed by atoms with van der Waals surface area (Å²) in [5, 5.41) is 0. The Kier molecular flexibility index (Phi) is 38.1. The SMILES string of the molecule is CCCCC/C=C/C/C=C/CCCCCCCC(=O)O[C@H](COC(=O)CCCCCCCCCCCCCCCCCC)COP(=O)(O)OCCN. The number of allylic oxidation sites excluding steroid dienone is 4. The third-order valence-corrected chi connectivity index (χ3v) is 10.1. The second kappa shape index (κ2) is 39.2. The molecule has 0 aromatic heterocycles. The van der Waals surface area contributed by atoms with Gasteiger partial charge in [0.15, 0.2) is 6.10 Å². The monoisotopic (exact) mass is 758 g/mol. The van der Waals surface area contributed by atoms with Crippen molar-refractivity contribution in [2.75, 3.05) is 26.4 Å². The Balaban J connectivity index is 4.16. The molecule has 52 heavy (non-hydrogen) atoms. The summed E-state index contributed by atoms with van der Waals surface area (Å²) >= 11 is 0. The highest BCUT2D eigenvalue weighted by Crippen LogP contribution is 2.43. The van der Waals surface area contributed by atoms with E-state index >= 15 is 0 Å². The van der Waals surface area contributed by atoms with Gasteiger partial charge in [0.2, 0.25) is 0 Å². The van der Waals surface area contributed by atoms with E-state index in [2.05, 4.69) is 38.2 Å². The van der Waals surface area contributed by atoms with Crippen molar-refractivity contribution in [3.63, 3.8) is 0 Å². The van der Waals surface area contributed by atoms with Gasteiger partial charge in [0.1, 0.15) is 6.61 Å². The first kappa shape index (κ1) is 50.5. The molecule has 0 aliphatic heterocycles. The van der Waals surface area contributed by atoms with Crippen LogP contribution < -0.4 is 5.73 Å². The minimum atomic E-state index is -4.37. The van der Waals surface area contributed by atoms with E-state index in [9.17, 15) is 19.0 Å². The fraction of sp³-hybridized carbons (Fsp3) is 0.857. The summed E-state index contributed by atoms with van der Waals surface area (Å²) in [7, 11) is -4.37. The number of nitrogens with two attached hydrogens (primary N) is 1. The topological polar surface area (TPSA) is 134 Å². The maximum absolute atomic E-state index is 12.6. The molecule has 0 aliphatic rings. The zero-order chi connectivity index (χ0) is 38.2. The minimum absolute atomic E-state index is 0.0524. The van der Waals surface area contributed by atoms with Crippen LogP contribution in [-0.4, -0.2) is 49.3 Å². The lowest BCUT2D eigenvalue weighted by molar-refractivity contribution is -0.161. The van der Waals surface area contributed by atoms with Gasteiger partial charge in [-0.15, -0.1) is 0 Å². The van der Waals surface area contributed by atoms with Gasteiger partial charge in [-0.25, -0.2) is 4.57 Å². The summed E-state index contributed by atoms with van der Waals surface area (Å²) < 4.78 is 32.7. The van der Waals surface area contributed by atoms with Gasteiger partial charge < -0.3 is 20.1 Å². The van der Waals surface area contributed by atoms with E-state index in [-0.39, 0.29) is 38.6 Å². The van der Waals surface area contributed by atoms with Crippen LogP contribution in [0.2, 0.25) is 0 Å². The molecule has 0 rings (SSSR count). The van der Waals surface area contributed by atoms with Crippen molar-refractivity contribution in [2.45, 2.75) is 206 Å². The lowest BCUT2D eigenvalue weighted by Gasteiger charge is -2.19. The number of phosphoric ester groups is 1. The van der Waals surface area contributed by atoms with Gasteiger partial charge >= 0.3 is 19.8 Å². The van der Waals surface area contributed by atoms with Crippen molar-refractivity contribution in [3.05, 3.63) is 24.3 Å². The number of unbranched alkanes of at least 4 members (excludes halogenated alkanes) is 23. The molecule has 3 N–H and O–H groups in total. The van der Waals surface area contributed by atoms with Crippen LogP contribution in [0.3, 0.4) is 0 Å². The standard InChI is InChI=1S/C42H80NO8P/c1-3-5-7-9-11-13-15-17-19-21-22-24-26-28-30-32-34-41(44)48-38-40(39-50-52(46,47)49-37-36-43)51-42(45)35-33-31-29-27-25-23-20-18-16-14-12-10-8-6-4-2/h12,14,18,20,40H,3-11,13,15-17,19,21-39,43H2,1-2H3,(H,46,47)/b14-12+,20-18+/t40-/m1/s1. The van der Waals surface area contributed by atoms with Crippen molar-refractivity contribution < 1.29 is 37.6 Å². The largest absolute Gasteiger partial charge is 0.472 e. The Morgan fingerprint density at radius 3 is 1.50 bits per heavy atom. The van der Waals surface area contributed by atoms with Crippen LogP contribution in [0.15, 0.2) is 24.3 Å². The second-order valence-electron chi connectivity index (χ2n) is 14.2. The first-order valence-electron chi connectivity index (χ1n) is 21.3. The van der Waals surface area contributed by atoms with Crippen molar-refractivity contribution in [1.29, 1.82) is 0 Å². The average Bonchev–Trinajstić information content (AvgIpc) is 3.13. The maximum atomic E-state index is 12.6. The Labute approximate surface area is 319 Å². The quantitative estimate of drug-likeness (QED) is 0.0271. The number of esters is 2. The Hall–Kier alpha value is -1.51. The van der Waals surface area contributed by atoms with E-state index in [4.69, 9.17) is 24.3 Å². The molecule has 0 spiro atoms. The predicted molar refractivity (Wildman–Crippen MR) is 215 cm³/mol. The smallest absolute Gasteiger partial charge is 0.462 e. The zero-order valence-electron chi connectivity index (χ0n) is 33.6. The van der Waals surface area contributed by atoms with E-state index < -0.39 is 26.5 Å². The van der Waals surface area contributed by atoms with E-state index in [1.165, 1.54) is 109 Å². The molecule has 0 bridgehead atoms. The summed E-state index contributed by atoms with van der Waals surface area (Å²) in [4.78, 5) is 34.8. The van der Waals surface area contributed by atoms with Gasteiger partial charge in [0, 0.05) is 19.4 Å². The highest BCUT2D eigenvalue weighted by molar-refractivity contribution is 7.47. The highest BCUT2D eigenvalue weighted by Gasteiger charge is 2.26. The number of hydrogen-bond acceptors (Lipinski definition) is 8. The van der Waals surface area contributed by atoms with E-state index in [1.807, 2.05) is 0 Å². The molecule has 306 valence electrons. The van der Waals surface area contributed by atoms with Crippen molar-refractivity contribution in [3.8, 4) is 0 Å². The molecule has 9 nitrogen and oxygen atoms in total. The summed E-state index contributed by atoms with van der Waals surface area (Å²) in [5.74, 6) is -0.838. The lowest BCUT2D eigenvalue weighted by atomic mass is 10.0. The molecular weight excluding hydrogens is 677 g/mol. The van der Waals surface area contributed by atoms with E-state index in [0.717, 1.165) is 57.8 Å². The third-order valence-electron chi connectivity index (χ3n) is 9.09. The van der Waals surface area contributed by atoms with E-state index in [0.29, 0.717) is 6.42 Å². The molecule has 10 heteroatoms. The highest BCUT2D eigenvalue weighted by atomic mass is 31.2. The molecule has 2 atom stereocenters. The average molecular weight is 758 g/mol. The molecule has 0 aliphatic carbocycles. The molecule has 1 unspecified atom stereocenters. The fourth-order valence-corrected chi connectivity index (χ4v) is 6.67. The van der Waals surface area contributed by atoms with Crippen molar-refractivity contribution in [1.82, 2.24) is 0 Å². The first-order valence-corrected chi connectivity index (χ1v) is 22.8. The molecule has 0 saturated heterocycles. The van der Waals surface area contributed by atoms with E-state index in [1.54, 1.807) is 0 Å². The molecule has 0 heterocycles. The fourth-order valence-electron chi connectivity index (χ4n) is 5.90. The van der Waals surface area contributed by atoms with Gasteiger partial charge in [-0.3, -0.25) is 18.6 Å². The van der Waals surface area contributed by atoms with Crippen LogP contribution in [0, 0.1) is 0 Å². The summed E-state index contributed by atoms with van der Waals surface area (Å²) in [6.07, 6.45) is 40.6. The summed E-state index contributed by atoms with van der Waals surface area (Å²) in [6, 6.07) is 0. The molecule has 0 aromatic carbocycles. The number of ether oxygens (including phenoxy) is 2. The van der Waals surface area contributed by atoms with Crippen LogP contribution in [0.25, 0.3) is 0 Å². The molecule has 0 amide bonds. The van der Waals surface area contributed by atoms with Crippen LogP contribution in [0.4, 0.5) is 0 Å². The summed E-state index contributed by atoms with van der Waals surface area (Å²) in [5.41, 5.74) is 5.34. The Bertz CT molecular complexity index is 912. The van der Waals surface area contributed by atoms with Crippen molar-refractivity contribution >= 4 is 19.8 Å².